The van der Waals surface area contributed by atoms with E-state index >= 15 is 0 Å². The number of piperidine rings is 1. The van der Waals surface area contributed by atoms with Gasteiger partial charge in [0.1, 0.15) is 5.15 Å². The molecular formula is C29H35ClN8O2S. The van der Waals surface area contributed by atoms with E-state index < -0.39 is 0 Å². The molecule has 1 unspecified atom stereocenters. The summed E-state index contributed by atoms with van der Waals surface area (Å²) in [6.45, 7) is 9.66. The van der Waals surface area contributed by atoms with Gasteiger partial charge in [-0.1, -0.05) is 29.6 Å². The lowest BCUT2D eigenvalue weighted by molar-refractivity contribution is 0.0980. The molecule has 1 aliphatic rings. The number of aromatic amines is 1. The number of aromatic nitrogens is 5. The number of amides is 1. The van der Waals surface area contributed by atoms with Crippen LogP contribution >= 0.6 is 23.5 Å². The van der Waals surface area contributed by atoms with Crippen molar-refractivity contribution in [2.24, 2.45) is 7.05 Å². The number of nitrogens with zero attached hydrogens (tertiary/aromatic N) is 5. The van der Waals surface area contributed by atoms with Crippen molar-refractivity contribution >= 4 is 52.0 Å². The molecule has 1 aliphatic heterocycles. The largest absolute Gasteiger partial charge is 0.377 e. The summed E-state index contributed by atoms with van der Waals surface area (Å²) in [5.74, 6) is 0.741. The number of anilines is 2. The van der Waals surface area contributed by atoms with E-state index in [9.17, 15) is 9.59 Å². The number of pyridine rings is 1. The summed E-state index contributed by atoms with van der Waals surface area (Å²) in [6.07, 6.45) is 3.68. The Hall–Kier alpha value is -3.57. The Morgan fingerprint density at radius 1 is 1.17 bits per heavy atom. The summed E-state index contributed by atoms with van der Waals surface area (Å²) < 4.78 is 4.37. The SMILES string of the molecule is CSNC(=O)c1nc(Cl)ccc1NC(C)c1cc(C)cc2c(=O)n(C)c(N3CCC(c4c(C)n[nH]c4C)CC3)nc12. The zero-order chi connectivity index (χ0) is 29.4. The van der Waals surface area contributed by atoms with Gasteiger partial charge in [0, 0.05) is 37.7 Å². The van der Waals surface area contributed by atoms with Gasteiger partial charge in [-0.25, -0.2) is 9.97 Å². The average molecular weight is 595 g/mol. The first-order chi connectivity index (χ1) is 19.6. The maximum absolute atomic E-state index is 13.7. The van der Waals surface area contributed by atoms with Crippen molar-refractivity contribution in [2.45, 2.75) is 52.5 Å². The van der Waals surface area contributed by atoms with E-state index in [4.69, 9.17) is 16.6 Å². The van der Waals surface area contributed by atoms with Crippen LogP contribution in [0.5, 0.6) is 0 Å². The third kappa shape index (κ3) is 5.65. The van der Waals surface area contributed by atoms with E-state index in [1.807, 2.05) is 26.0 Å². The molecule has 1 saturated heterocycles. The van der Waals surface area contributed by atoms with E-state index in [1.165, 1.54) is 17.5 Å². The van der Waals surface area contributed by atoms with Gasteiger partial charge < -0.3 is 10.2 Å². The van der Waals surface area contributed by atoms with E-state index in [-0.39, 0.29) is 28.4 Å². The van der Waals surface area contributed by atoms with Crippen LogP contribution in [0, 0.1) is 20.8 Å². The molecule has 1 aromatic carbocycles. The fourth-order valence-corrected chi connectivity index (χ4v) is 6.29. The Morgan fingerprint density at radius 3 is 2.56 bits per heavy atom. The van der Waals surface area contributed by atoms with Crippen molar-refractivity contribution in [3.8, 4) is 0 Å². The number of carbonyl (C=O) groups is 1. The quantitative estimate of drug-likeness (QED) is 0.197. The zero-order valence-corrected chi connectivity index (χ0v) is 25.7. The molecule has 0 radical (unpaired) electrons. The maximum Gasteiger partial charge on any atom is 0.281 e. The van der Waals surface area contributed by atoms with Gasteiger partial charge in [-0.3, -0.25) is 24.0 Å². The van der Waals surface area contributed by atoms with Crippen LogP contribution in [0.1, 0.15) is 70.3 Å². The minimum Gasteiger partial charge on any atom is -0.377 e. The molecule has 216 valence electrons. The number of benzene rings is 1. The molecule has 4 heterocycles. The summed E-state index contributed by atoms with van der Waals surface area (Å²) >= 11 is 7.30. The first-order valence-corrected chi connectivity index (χ1v) is 15.2. The predicted molar refractivity (Wildman–Crippen MR) is 166 cm³/mol. The van der Waals surface area contributed by atoms with E-state index in [2.05, 4.69) is 44.0 Å². The van der Waals surface area contributed by atoms with Crippen molar-refractivity contribution in [2.75, 3.05) is 29.6 Å². The zero-order valence-electron chi connectivity index (χ0n) is 24.1. The summed E-state index contributed by atoms with van der Waals surface area (Å²) in [5, 5.41) is 11.7. The van der Waals surface area contributed by atoms with Crippen molar-refractivity contribution in [1.29, 1.82) is 0 Å². The van der Waals surface area contributed by atoms with Crippen LogP contribution in [0.25, 0.3) is 10.9 Å². The number of hydrogen-bond donors (Lipinski definition) is 3. The molecule has 3 N–H and O–H groups in total. The number of halogens is 1. The Morgan fingerprint density at radius 2 is 1.90 bits per heavy atom. The van der Waals surface area contributed by atoms with Gasteiger partial charge in [-0.15, -0.1) is 0 Å². The highest BCUT2D eigenvalue weighted by molar-refractivity contribution is 7.97. The van der Waals surface area contributed by atoms with Crippen LogP contribution in [0.3, 0.4) is 0 Å². The molecular weight excluding hydrogens is 560 g/mol. The Balaban J connectivity index is 1.49. The molecule has 1 atom stereocenters. The number of nitrogens with one attached hydrogen (secondary N) is 3. The van der Waals surface area contributed by atoms with E-state index in [1.54, 1.807) is 30.0 Å². The van der Waals surface area contributed by atoms with Crippen LogP contribution in [-0.2, 0) is 7.05 Å². The number of carbonyl (C=O) groups excluding carboxylic acids is 1. The van der Waals surface area contributed by atoms with Crippen molar-refractivity contribution in [1.82, 2.24) is 29.5 Å². The molecule has 0 aliphatic carbocycles. The number of hydrogen-bond acceptors (Lipinski definition) is 8. The normalized spacial score (nSPS) is 14.9. The summed E-state index contributed by atoms with van der Waals surface area (Å²) in [7, 11) is 1.79. The van der Waals surface area contributed by atoms with Crippen LogP contribution in [0.2, 0.25) is 5.15 Å². The maximum atomic E-state index is 13.7. The van der Waals surface area contributed by atoms with Gasteiger partial charge in [-0.2, -0.15) is 5.10 Å². The lowest BCUT2D eigenvalue weighted by Gasteiger charge is -2.34. The molecule has 5 rings (SSSR count). The van der Waals surface area contributed by atoms with Crippen LogP contribution in [-0.4, -0.2) is 50.0 Å². The van der Waals surface area contributed by atoms with Gasteiger partial charge >= 0.3 is 0 Å². The van der Waals surface area contributed by atoms with Crippen LogP contribution < -0.4 is 20.5 Å². The minimum absolute atomic E-state index is 0.0843. The summed E-state index contributed by atoms with van der Waals surface area (Å²) in [4.78, 5) is 37.9. The lowest BCUT2D eigenvalue weighted by atomic mass is 9.88. The number of rotatable bonds is 7. The molecule has 41 heavy (non-hydrogen) atoms. The van der Waals surface area contributed by atoms with Gasteiger partial charge in [0.2, 0.25) is 5.95 Å². The smallest absolute Gasteiger partial charge is 0.281 e. The second-order valence-corrected chi connectivity index (χ2v) is 11.7. The highest BCUT2D eigenvalue weighted by Gasteiger charge is 2.27. The van der Waals surface area contributed by atoms with Crippen molar-refractivity contribution in [3.63, 3.8) is 0 Å². The van der Waals surface area contributed by atoms with Crippen LogP contribution in [0.4, 0.5) is 11.6 Å². The van der Waals surface area contributed by atoms with Gasteiger partial charge in [0.05, 0.1) is 28.3 Å². The highest BCUT2D eigenvalue weighted by atomic mass is 35.5. The van der Waals surface area contributed by atoms with E-state index in [0.717, 1.165) is 48.4 Å². The molecule has 4 aromatic rings. The Bertz CT molecular complexity index is 1660. The molecule has 1 amide bonds. The third-order valence-corrected chi connectivity index (χ3v) is 8.41. The molecule has 10 nitrogen and oxygen atoms in total. The summed E-state index contributed by atoms with van der Waals surface area (Å²) in [6, 6.07) is 7.03. The molecule has 0 saturated carbocycles. The number of fused-ring (bicyclic) bond motifs is 1. The number of H-pyrrole nitrogens is 1. The van der Waals surface area contributed by atoms with Gasteiger partial charge in [-0.05, 0) is 75.8 Å². The predicted octanol–water partition coefficient (Wildman–Crippen LogP) is 5.20. The van der Waals surface area contributed by atoms with Crippen molar-refractivity contribution in [3.05, 3.63) is 73.5 Å². The average Bonchev–Trinajstić information content (AvgIpc) is 3.29. The first-order valence-electron chi connectivity index (χ1n) is 13.6. The summed E-state index contributed by atoms with van der Waals surface area (Å²) in [5.41, 5.74) is 6.62. The van der Waals surface area contributed by atoms with E-state index in [0.29, 0.717) is 28.5 Å². The molecule has 12 heteroatoms. The second kappa shape index (κ2) is 11.7. The molecule has 1 fully saturated rings. The molecule has 0 spiro atoms. The minimum atomic E-state index is -0.345. The van der Waals surface area contributed by atoms with Gasteiger partial charge in [0.25, 0.3) is 11.5 Å². The van der Waals surface area contributed by atoms with Crippen LogP contribution in [0.15, 0.2) is 29.1 Å². The third-order valence-electron chi connectivity index (χ3n) is 7.81. The standard InChI is InChI=1S/C29H35ClN8O2S/c1-15-13-20(16(2)31-22-7-8-23(30)32-26(22)27(39)36-41-6)25-21(14-15)28(40)37(5)29(33-25)38-11-9-19(10-12-38)24-17(3)34-35-18(24)4/h7-8,13-14,16,19,31H,9-12H2,1-6H3,(H,34,35)(H,36,39). The topological polar surface area (TPSA) is 121 Å². The second-order valence-electron chi connectivity index (χ2n) is 10.7. The van der Waals surface area contributed by atoms with Crippen molar-refractivity contribution < 1.29 is 4.79 Å². The Labute approximate surface area is 248 Å². The Kier molecular flexibility index (Phi) is 8.28. The first kappa shape index (κ1) is 28.9. The molecule has 0 bridgehead atoms. The molecule has 3 aromatic heterocycles. The highest BCUT2D eigenvalue weighted by Crippen LogP contribution is 2.34. The fraction of sp³-hybridized carbons (Fsp3) is 0.414. The fourth-order valence-electron chi connectivity index (χ4n) is 5.86. The van der Waals surface area contributed by atoms with Gasteiger partial charge in [0.15, 0.2) is 5.69 Å². The number of aryl methyl sites for hydroxylation is 3. The monoisotopic (exact) mass is 594 g/mol. The lowest BCUT2D eigenvalue weighted by Crippen LogP contribution is -2.38.